The van der Waals surface area contributed by atoms with E-state index in [-0.39, 0.29) is 35.3 Å². The summed E-state index contributed by atoms with van der Waals surface area (Å²) in [6.45, 7) is 0. The maximum absolute atomic E-state index is 13.3. The van der Waals surface area contributed by atoms with Gasteiger partial charge in [-0.1, -0.05) is 42.0 Å². The number of rotatable bonds is 1. The van der Waals surface area contributed by atoms with E-state index in [0.29, 0.717) is 18.2 Å². The summed E-state index contributed by atoms with van der Waals surface area (Å²) in [5.41, 5.74) is 1.84. The number of fused-ring (bicyclic) bond motifs is 5. The molecule has 0 unspecified atom stereocenters. The van der Waals surface area contributed by atoms with Crippen LogP contribution in [0.15, 0.2) is 48.0 Å². The summed E-state index contributed by atoms with van der Waals surface area (Å²) in [6, 6.07) is 10.9. The van der Waals surface area contributed by atoms with Gasteiger partial charge in [-0.25, -0.2) is 0 Å². The third kappa shape index (κ3) is 2.50. The summed E-state index contributed by atoms with van der Waals surface area (Å²) in [5.74, 6) is -3.29. The number of hydrogen-bond donors (Lipinski definition) is 1. The lowest BCUT2D eigenvalue weighted by Crippen LogP contribution is -2.43. The minimum Gasteiger partial charge on any atom is -0.507 e. The van der Waals surface area contributed by atoms with Crippen molar-refractivity contribution in [1.29, 1.82) is 0 Å². The molecule has 2 saturated heterocycles. The van der Waals surface area contributed by atoms with E-state index >= 15 is 0 Å². The largest absolute Gasteiger partial charge is 0.507 e. The van der Waals surface area contributed by atoms with Crippen LogP contribution in [0.5, 0.6) is 5.75 Å². The van der Waals surface area contributed by atoms with Gasteiger partial charge in [0.1, 0.15) is 5.75 Å². The van der Waals surface area contributed by atoms with Crippen molar-refractivity contribution in [3.05, 3.63) is 53.6 Å². The Bertz CT molecular complexity index is 1300. The summed E-state index contributed by atoms with van der Waals surface area (Å²) in [6.07, 6.45) is 2.88. The molecule has 168 valence electrons. The molecule has 6 rings (SSSR count). The number of imide groups is 2. The molecule has 1 N–H and O–H groups in total. The zero-order valence-corrected chi connectivity index (χ0v) is 18.4. The Kier molecular flexibility index (Phi) is 4.13. The fourth-order valence-corrected chi connectivity index (χ4v) is 6.83. The first-order valence-electron chi connectivity index (χ1n) is 11.3. The third-order valence-electron chi connectivity index (χ3n) is 8.36. The second-order valence-corrected chi connectivity index (χ2v) is 9.71. The second-order valence-electron chi connectivity index (χ2n) is 9.71. The molecule has 0 aromatic heterocycles. The fourth-order valence-electron chi connectivity index (χ4n) is 6.83. The first-order valence-corrected chi connectivity index (χ1v) is 11.3. The Balaban J connectivity index is 1.58. The Morgan fingerprint density at radius 2 is 1.39 bits per heavy atom. The minimum absolute atomic E-state index is 0.153. The van der Waals surface area contributed by atoms with E-state index in [1.54, 1.807) is 6.07 Å². The van der Waals surface area contributed by atoms with Crippen molar-refractivity contribution in [2.75, 3.05) is 14.1 Å². The van der Waals surface area contributed by atoms with Crippen molar-refractivity contribution in [3.63, 3.8) is 0 Å². The van der Waals surface area contributed by atoms with Crippen LogP contribution in [0, 0.1) is 29.6 Å². The van der Waals surface area contributed by atoms with Crippen LogP contribution in [0.3, 0.4) is 0 Å². The molecule has 2 aliphatic carbocycles. The van der Waals surface area contributed by atoms with E-state index in [1.165, 1.54) is 23.9 Å². The lowest BCUT2D eigenvalue weighted by atomic mass is 9.57. The van der Waals surface area contributed by atoms with E-state index in [1.807, 2.05) is 36.4 Å². The molecule has 1 saturated carbocycles. The number of benzene rings is 2. The first kappa shape index (κ1) is 20.1. The predicted octanol–water partition coefficient (Wildman–Crippen LogP) is 2.44. The number of carbonyl (C=O) groups excluding carboxylic acids is 4. The van der Waals surface area contributed by atoms with E-state index < -0.39 is 29.6 Å². The Hall–Kier alpha value is -3.48. The topological polar surface area (TPSA) is 95.0 Å². The van der Waals surface area contributed by atoms with Crippen LogP contribution in [-0.2, 0) is 19.2 Å². The highest BCUT2D eigenvalue weighted by molar-refractivity contribution is 6.08. The highest BCUT2D eigenvalue weighted by Crippen LogP contribution is 2.58. The predicted molar refractivity (Wildman–Crippen MR) is 119 cm³/mol. The van der Waals surface area contributed by atoms with Crippen LogP contribution < -0.4 is 0 Å². The fraction of sp³-hybridized carbons (Fsp3) is 0.385. The first-order chi connectivity index (χ1) is 15.8. The van der Waals surface area contributed by atoms with Gasteiger partial charge in [-0.2, -0.15) is 0 Å². The van der Waals surface area contributed by atoms with Crippen molar-refractivity contribution in [2.24, 2.45) is 29.6 Å². The van der Waals surface area contributed by atoms with Gasteiger partial charge in [0.2, 0.25) is 23.6 Å². The molecule has 7 heteroatoms. The zero-order valence-electron chi connectivity index (χ0n) is 18.4. The molecule has 2 aliphatic heterocycles. The van der Waals surface area contributed by atoms with Crippen LogP contribution in [-0.4, -0.2) is 52.6 Å². The molecule has 3 fully saturated rings. The van der Waals surface area contributed by atoms with Gasteiger partial charge in [-0.15, -0.1) is 0 Å². The van der Waals surface area contributed by atoms with Crippen molar-refractivity contribution < 1.29 is 24.3 Å². The second kappa shape index (κ2) is 6.76. The number of carbonyl (C=O) groups is 4. The van der Waals surface area contributed by atoms with E-state index in [0.717, 1.165) is 16.5 Å². The highest BCUT2D eigenvalue weighted by atomic mass is 16.3. The summed E-state index contributed by atoms with van der Waals surface area (Å²) in [5, 5.41) is 11.9. The molecule has 2 aromatic carbocycles. The van der Waals surface area contributed by atoms with E-state index in [2.05, 4.69) is 0 Å². The molecule has 33 heavy (non-hydrogen) atoms. The number of hydrogen-bond acceptors (Lipinski definition) is 5. The molecule has 4 amide bonds. The molecule has 0 bridgehead atoms. The zero-order chi connectivity index (χ0) is 23.2. The maximum Gasteiger partial charge on any atom is 0.233 e. The monoisotopic (exact) mass is 444 g/mol. The van der Waals surface area contributed by atoms with E-state index in [4.69, 9.17) is 0 Å². The lowest BCUT2D eigenvalue weighted by Gasteiger charge is -2.44. The van der Waals surface area contributed by atoms with Gasteiger partial charge in [0.05, 0.1) is 23.7 Å². The number of phenols is 1. The molecule has 4 aliphatic rings. The number of phenolic OH excluding ortho intramolecular Hbond substituents is 1. The number of aromatic hydroxyl groups is 1. The molecule has 0 spiro atoms. The summed E-state index contributed by atoms with van der Waals surface area (Å²) in [4.78, 5) is 54.6. The molecule has 0 radical (unpaired) electrons. The summed E-state index contributed by atoms with van der Waals surface area (Å²) in [7, 11) is 3.05. The number of nitrogens with zero attached hydrogens (tertiary/aromatic N) is 2. The summed E-state index contributed by atoms with van der Waals surface area (Å²) >= 11 is 0. The smallest absolute Gasteiger partial charge is 0.233 e. The van der Waals surface area contributed by atoms with Crippen LogP contribution >= 0.6 is 0 Å². The van der Waals surface area contributed by atoms with Crippen molar-refractivity contribution in [1.82, 2.24) is 9.80 Å². The molecular formula is C26H24N2O5. The molecular weight excluding hydrogens is 420 g/mol. The van der Waals surface area contributed by atoms with Crippen molar-refractivity contribution >= 4 is 34.4 Å². The van der Waals surface area contributed by atoms with Gasteiger partial charge >= 0.3 is 0 Å². The molecule has 7 nitrogen and oxygen atoms in total. The van der Waals surface area contributed by atoms with Gasteiger partial charge < -0.3 is 5.11 Å². The van der Waals surface area contributed by atoms with Crippen LogP contribution in [0.1, 0.15) is 24.3 Å². The Morgan fingerprint density at radius 1 is 0.758 bits per heavy atom. The average molecular weight is 444 g/mol. The Labute approximate surface area is 190 Å². The highest BCUT2D eigenvalue weighted by Gasteiger charge is 2.61. The normalized spacial score (nSPS) is 33.3. The van der Waals surface area contributed by atoms with Gasteiger partial charge in [-0.3, -0.25) is 29.0 Å². The molecule has 6 atom stereocenters. The quantitative estimate of drug-likeness (QED) is 0.539. The SMILES string of the molecule is CN1C(=O)[C@H]2[C@H](CC=C3[C@H]2C[C@H]2C(=O)N(C)C(=O)[C@H]2[C@H]3c2ccc(O)c3ccccc23)C1=O. The number of amides is 4. The molecule has 2 heterocycles. The van der Waals surface area contributed by atoms with Crippen molar-refractivity contribution in [2.45, 2.75) is 18.8 Å². The van der Waals surface area contributed by atoms with Gasteiger partial charge in [0.25, 0.3) is 0 Å². The lowest BCUT2D eigenvalue weighted by molar-refractivity contribution is -0.140. The van der Waals surface area contributed by atoms with Crippen LogP contribution in [0.4, 0.5) is 0 Å². The maximum atomic E-state index is 13.3. The number of allylic oxidation sites excluding steroid dienone is 2. The standard InChI is InChI=1S/C26H24N2O5/c1-27-23(30)16-8-7-15-17(21(16)25(27)32)11-18-22(26(33)28(2)24(18)31)20(15)14-9-10-19(29)13-6-4-3-5-12(13)14/h3-7,9-10,16-18,20-22,29H,8,11H2,1-2H3/t16-,17+,18+,20-,21-,22+/m0/s1. The van der Waals surface area contributed by atoms with Gasteiger partial charge in [-0.05, 0) is 35.8 Å². The Morgan fingerprint density at radius 3 is 2.12 bits per heavy atom. The van der Waals surface area contributed by atoms with E-state index in [9.17, 15) is 24.3 Å². The van der Waals surface area contributed by atoms with Gasteiger partial charge in [0, 0.05) is 25.4 Å². The van der Waals surface area contributed by atoms with Crippen LogP contribution in [0.2, 0.25) is 0 Å². The van der Waals surface area contributed by atoms with Crippen molar-refractivity contribution in [3.8, 4) is 5.75 Å². The number of likely N-dealkylation sites (tertiary alicyclic amines) is 2. The third-order valence-corrected chi connectivity index (χ3v) is 8.36. The average Bonchev–Trinajstić information content (AvgIpc) is 3.18. The molecule has 2 aromatic rings. The summed E-state index contributed by atoms with van der Waals surface area (Å²) < 4.78 is 0. The van der Waals surface area contributed by atoms with Crippen LogP contribution in [0.25, 0.3) is 10.8 Å². The minimum atomic E-state index is -0.556. The van der Waals surface area contributed by atoms with Gasteiger partial charge in [0.15, 0.2) is 0 Å².